The summed E-state index contributed by atoms with van der Waals surface area (Å²) in [5, 5.41) is 4.60. The number of carbonyl (C=O) groups excluding carboxylic acids is 2. The molecule has 2 aromatic carbocycles. The van der Waals surface area contributed by atoms with Gasteiger partial charge < -0.3 is 19.9 Å². The molecular weight excluding hydrogens is 363 g/mol. The zero-order valence-corrected chi connectivity index (χ0v) is 15.7. The van der Waals surface area contributed by atoms with E-state index in [0.29, 0.717) is 0 Å². The van der Waals surface area contributed by atoms with E-state index in [4.69, 9.17) is 4.74 Å². The molecule has 0 saturated carbocycles. The van der Waals surface area contributed by atoms with Gasteiger partial charge in [0.2, 0.25) is 0 Å². The molecule has 0 aliphatic carbocycles. The number of carbonyl (C=O) groups is 2. The summed E-state index contributed by atoms with van der Waals surface area (Å²) in [6, 6.07) is 13.0. The third kappa shape index (κ3) is 5.20. The van der Waals surface area contributed by atoms with E-state index in [1.807, 2.05) is 24.3 Å². The molecule has 28 heavy (non-hydrogen) atoms. The van der Waals surface area contributed by atoms with Crippen LogP contribution < -0.4 is 25.2 Å². The Balaban J connectivity index is 1.44. The molecule has 0 atom stereocenters. The van der Waals surface area contributed by atoms with Gasteiger partial charge in [-0.3, -0.25) is 10.1 Å². The number of nitrogens with zero attached hydrogens (tertiary/aromatic N) is 1. The van der Waals surface area contributed by atoms with E-state index in [9.17, 15) is 14.0 Å². The highest BCUT2D eigenvalue weighted by molar-refractivity contribution is 6.01. The molecule has 1 fully saturated rings. The lowest BCUT2D eigenvalue weighted by atomic mass is 10.2. The minimum absolute atomic E-state index is 0.0343. The molecule has 1 heterocycles. The zero-order chi connectivity index (χ0) is 19.9. The molecule has 2 aromatic rings. The van der Waals surface area contributed by atoms with Crippen LogP contribution in [0, 0.1) is 5.82 Å². The van der Waals surface area contributed by atoms with Gasteiger partial charge in [0.25, 0.3) is 5.91 Å². The summed E-state index contributed by atoms with van der Waals surface area (Å²) in [6.45, 7) is 3.35. The molecule has 7 nitrogen and oxygen atoms in total. The highest BCUT2D eigenvalue weighted by Gasteiger charge is 2.23. The van der Waals surface area contributed by atoms with Crippen LogP contribution in [-0.2, 0) is 4.79 Å². The van der Waals surface area contributed by atoms with E-state index >= 15 is 0 Å². The van der Waals surface area contributed by atoms with Crippen molar-refractivity contribution < 1.29 is 23.6 Å². The van der Waals surface area contributed by atoms with Crippen LogP contribution in [0.15, 0.2) is 48.5 Å². The molecule has 1 aliphatic heterocycles. The number of quaternary nitrogens is 1. The largest absolute Gasteiger partial charge is 0.497 e. The number of para-hydroxylation sites is 1. The number of imide groups is 1. The van der Waals surface area contributed by atoms with Gasteiger partial charge >= 0.3 is 6.03 Å². The third-order valence-corrected chi connectivity index (χ3v) is 4.67. The fourth-order valence-electron chi connectivity index (χ4n) is 3.18. The Hall–Kier alpha value is -3.13. The first-order valence-corrected chi connectivity index (χ1v) is 9.13. The Labute approximate surface area is 163 Å². The summed E-state index contributed by atoms with van der Waals surface area (Å²) in [7, 11) is 1.64. The number of rotatable bonds is 5. The van der Waals surface area contributed by atoms with Crippen molar-refractivity contribution in [2.45, 2.75) is 0 Å². The Morgan fingerprint density at radius 2 is 1.89 bits per heavy atom. The topological polar surface area (TPSA) is 75.1 Å². The summed E-state index contributed by atoms with van der Waals surface area (Å²) in [4.78, 5) is 27.3. The van der Waals surface area contributed by atoms with Gasteiger partial charge in [-0.2, -0.15) is 0 Å². The van der Waals surface area contributed by atoms with Gasteiger partial charge in [-0.05, 0) is 24.3 Å². The maximum Gasteiger partial charge on any atom is 0.326 e. The second-order valence-electron chi connectivity index (χ2n) is 6.60. The molecule has 3 rings (SSSR count). The number of hydrogen-bond donors (Lipinski definition) is 3. The number of urea groups is 1. The Morgan fingerprint density at radius 1 is 1.14 bits per heavy atom. The predicted molar refractivity (Wildman–Crippen MR) is 104 cm³/mol. The number of hydrogen-bond acceptors (Lipinski definition) is 4. The fraction of sp³-hybridized carbons (Fsp3) is 0.300. The average molecular weight is 387 g/mol. The van der Waals surface area contributed by atoms with Gasteiger partial charge in [0.15, 0.2) is 6.54 Å². The number of piperazine rings is 1. The van der Waals surface area contributed by atoms with E-state index in [1.54, 1.807) is 13.2 Å². The minimum Gasteiger partial charge on any atom is -0.497 e. The van der Waals surface area contributed by atoms with Crippen molar-refractivity contribution in [2.24, 2.45) is 0 Å². The molecule has 0 bridgehead atoms. The van der Waals surface area contributed by atoms with E-state index in [2.05, 4.69) is 15.5 Å². The standard InChI is InChI=1S/C20H23FN4O3/c1-28-16-6-4-5-15(13-16)25-11-9-24(10-12-25)14-19(26)23-20(27)22-18-8-3-2-7-17(18)21/h2-8,13H,9-12,14H2,1H3,(H2,22,23,26,27)/p+1. The lowest BCUT2D eigenvalue weighted by Crippen LogP contribution is -3.16. The monoisotopic (exact) mass is 387 g/mol. The van der Waals surface area contributed by atoms with Crippen LogP contribution in [0.25, 0.3) is 0 Å². The van der Waals surface area contributed by atoms with Crippen molar-refractivity contribution in [1.82, 2.24) is 5.32 Å². The van der Waals surface area contributed by atoms with Gasteiger partial charge in [-0.15, -0.1) is 0 Å². The Bertz CT molecular complexity index is 838. The first kappa shape index (κ1) is 19.6. The molecule has 1 saturated heterocycles. The van der Waals surface area contributed by atoms with E-state index in [0.717, 1.165) is 42.5 Å². The highest BCUT2D eigenvalue weighted by Crippen LogP contribution is 2.20. The molecule has 0 spiro atoms. The fourth-order valence-corrected chi connectivity index (χ4v) is 3.18. The first-order chi connectivity index (χ1) is 13.5. The van der Waals surface area contributed by atoms with E-state index < -0.39 is 17.8 Å². The average Bonchev–Trinajstić information content (AvgIpc) is 2.70. The summed E-state index contributed by atoms with van der Waals surface area (Å²) in [5.41, 5.74) is 1.12. The van der Waals surface area contributed by atoms with Crippen molar-refractivity contribution >= 4 is 23.3 Å². The molecule has 0 unspecified atom stereocenters. The Kier molecular flexibility index (Phi) is 6.44. The summed E-state index contributed by atoms with van der Waals surface area (Å²) in [6.07, 6.45) is 0. The molecular formula is C20H24FN4O3+. The Morgan fingerprint density at radius 3 is 2.61 bits per heavy atom. The molecule has 8 heteroatoms. The summed E-state index contributed by atoms with van der Waals surface area (Å²) < 4.78 is 18.8. The van der Waals surface area contributed by atoms with Gasteiger partial charge in [0, 0.05) is 11.8 Å². The summed E-state index contributed by atoms with van der Waals surface area (Å²) >= 11 is 0. The normalized spacial score (nSPS) is 14.4. The van der Waals surface area contributed by atoms with Crippen molar-refractivity contribution in [1.29, 1.82) is 0 Å². The number of amides is 3. The highest BCUT2D eigenvalue weighted by atomic mass is 19.1. The van der Waals surface area contributed by atoms with Crippen molar-refractivity contribution in [3.8, 4) is 5.75 Å². The van der Waals surface area contributed by atoms with Gasteiger partial charge in [0.1, 0.15) is 11.6 Å². The maximum absolute atomic E-state index is 13.5. The predicted octanol–water partition coefficient (Wildman–Crippen LogP) is 0.888. The second kappa shape index (κ2) is 9.18. The lowest BCUT2D eigenvalue weighted by Gasteiger charge is -2.33. The number of anilines is 2. The number of methoxy groups -OCH3 is 1. The van der Waals surface area contributed by atoms with Gasteiger partial charge in [0.05, 0.1) is 39.0 Å². The maximum atomic E-state index is 13.5. The van der Waals surface area contributed by atoms with Crippen LogP contribution in [0.1, 0.15) is 0 Å². The van der Waals surface area contributed by atoms with Crippen LogP contribution in [-0.4, -0.2) is 51.8 Å². The first-order valence-electron chi connectivity index (χ1n) is 9.13. The minimum atomic E-state index is -0.732. The number of ether oxygens (including phenoxy) is 1. The van der Waals surface area contributed by atoms with Crippen LogP contribution >= 0.6 is 0 Å². The second-order valence-corrected chi connectivity index (χ2v) is 6.60. The molecule has 148 valence electrons. The van der Waals surface area contributed by atoms with Crippen LogP contribution in [0.2, 0.25) is 0 Å². The molecule has 1 aliphatic rings. The van der Waals surface area contributed by atoms with Gasteiger partial charge in [-0.1, -0.05) is 18.2 Å². The molecule has 0 aromatic heterocycles. The quantitative estimate of drug-likeness (QED) is 0.712. The number of benzene rings is 2. The van der Waals surface area contributed by atoms with E-state index in [-0.39, 0.29) is 12.2 Å². The van der Waals surface area contributed by atoms with Crippen LogP contribution in [0.4, 0.5) is 20.6 Å². The zero-order valence-electron chi connectivity index (χ0n) is 15.7. The van der Waals surface area contributed by atoms with Crippen molar-refractivity contribution in [2.75, 3.05) is 50.1 Å². The summed E-state index contributed by atoms with van der Waals surface area (Å²) in [5.74, 6) is -0.129. The molecule has 3 N–H and O–H groups in total. The number of nitrogens with one attached hydrogen (secondary N) is 3. The van der Waals surface area contributed by atoms with Crippen molar-refractivity contribution in [3.05, 3.63) is 54.3 Å². The number of halogens is 1. The third-order valence-electron chi connectivity index (χ3n) is 4.67. The molecule has 3 amide bonds. The molecule has 0 radical (unpaired) electrons. The van der Waals surface area contributed by atoms with Crippen molar-refractivity contribution in [3.63, 3.8) is 0 Å². The van der Waals surface area contributed by atoms with Crippen LogP contribution in [0.5, 0.6) is 5.75 Å². The smallest absolute Gasteiger partial charge is 0.326 e. The van der Waals surface area contributed by atoms with Crippen LogP contribution in [0.3, 0.4) is 0 Å². The van der Waals surface area contributed by atoms with Gasteiger partial charge in [-0.25, -0.2) is 9.18 Å². The SMILES string of the molecule is COc1cccc(N2CC[NH+](CC(=O)NC(=O)Nc3ccccc3F)CC2)c1. The lowest BCUT2D eigenvalue weighted by molar-refractivity contribution is -0.892. The van der Waals surface area contributed by atoms with E-state index in [1.165, 1.54) is 18.2 Å².